The van der Waals surface area contributed by atoms with E-state index in [1.165, 1.54) is 28.6 Å². The highest BCUT2D eigenvalue weighted by Gasteiger charge is 2.24. The molecular formula is C21H26N2O5S. The van der Waals surface area contributed by atoms with E-state index >= 15 is 0 Å². The number of hydrogen-bond donors (Lipinski definition) is 1. The summed E-state index contributed by atoms with van der Waals surface area (Å²) in [5.41, 5.74) is 0.294. The van der Waals surface area contributed by atoms with Crippen LogP contribution >= 0.6 is 0 Å². The lowest BCUT2D eigenvalue weighted by atomic mass is 10.1. The number of rotatable bonds is 7. The first kappa shape index (κ1) is 22.4. The van der Waals surface area contributed by atoms with Crippen LogP contribution in [-0.2, 0) is 19.6 Å². The fourth-order valence-corrected chi connectivity index (χ4v) is 4.12. The Kier molecular flexibility index (Phi) is 7.02. The molecule has 1 N–H and O–H groups in total. The molecule has 0 heterocycles. The molecule has 2 rings (SSSR count). The molecule has 0 aliphatic carbocycles. The second-order valence-electron chi connectivity index (χ2n) is 7.40. The summed E-state index contributed by atoms with van der Waals surface area (Å²) >= 11 is 0. The van der Waals surface area contributed by atoms with E-state index in [-0.39, 0.29) is 17.0 Å². The first-order chi connectivity index (χ1) is 13.5. The Hall–Kier alpha value is -2.87. The SMILES string of the molecule is CCN(c1ccccc1)S(=O)(=O)c1ccc(C(=O)OCC(=O)NC(C)(C)C)cc1. The van der Waals surface area contributed by atoms with Gasteiger partial charge in [-0.3, -0.25) is 9.10 Å². The number of nitrogens with one attached hydrogen (secondary N) is 1. The normalized spacial score (nSPS) is 11.6. The van der Waals surface area contributed by atoms with Crippen molar-refractivity contribution >= 4 is 27.6 Å². The van der Waals surface area contributed by atoms with Crippen molar-refractivity contribution in [2.75, 3.05) is 17.5 Å². The lowest BCUT2D eigenvalue weighted by Gasteiger charge is -2.23. The van der Waals surface area contributed by atoms with Crippen molar-refractivity contribution in [1.29, 1.82) is 0 Å². The van der Waals surface area contributed by atoms with Gasteiger partial charge < -0.3 is 10.1 Å². The standard InChI is InChI=1S/C21H26N2O5S/c1-5-23(17-9-7-6-8-10-17)29(26,27)18-13-11-16(12-14-18)20(25)28-15-19(24)22-21(2,3)4/h6-14H,5,15H2,1-4H3,(H,22,24). The average Bonchev–Trinajstić information content (AvgIpc) is 2.66. The molecule has 0 aliphatic heterocycles. The van der Waals surface area contributed by atoms with E-state index in [2.05, 4.69) is 5.32 Å². The van der Waals surface area contributed by atoms with Crippen LogP contribution in [0.5, 0.6) is 0 Å². The third kappa shape index (κ3) is 6.05. The highest BCUT2D eigenvalue weighted by atomic mass is 32.2. The van der Waals surface area contributed by atoms with Crippen molar-refractivity contribution < 1.29 is 22.7 Å². The second kappa shape index (κ2) is 9.09. The number of carbonyl (C=O) groups excluding carboxylic acids is 2. The fourth-order valence-electron chi connectivity index (χ4n) is 2.64. The van der Waals surface area contributed by atoms with Crippen LogP contribution in [0.3, 0.4) is 0 Å². The van der Waals surface area contributed by atoms with Crippen LogP contribution in [0.15, 0.2) is 59.5 Å². The highest BCUT2D eigenvalue weighted by molar-refractivity contribution is 7.92. The zero-order valence-electron chi connectivity index (χ0n) is 17.0. The summed E-state index contributed by atoms with van der Waals surface area (Å²) in [6.45, 7) is 7.06. The van der Waals surface area contributed by atoms with Gasteiger partial charge in [0.25, 0.3) is 15.9 Å². The number of ether oxygens (including phenoxy) is 1. The molecule has 0 saturated carbocycles. The molecule has 1 amide bonds. The molecule has 156 valence electrons. The summed E-state index contributed by atoms with van der Waals surface area (Å²) in [7, 11) is -3.78. The molecule has 0 fully saturated rings. The van der Waals surface area contributed by atoms with Gasteiger partial charge in [-0.15, -0.1) is 0 Å². The predicted molar refractivity (Wildman–Crippen MR) is 111 cm³/mol. The largest absolute Gasteiger partial charge is 0.452 e. The number of carbonyl (C=O) groups is 2. The van der Waals surface area contributed by atoms with Gasteiger partial charge in [0.15, 0.2) is 6.61 Å². The van der Waals surface area contributed by atoms with Crippen LogP contribution in [0.25, 0.3) is 0 Å². The molecule has 0 bridgehead atoms. The van der Waals surface area contributed by atoms with Crippen LogP contribution in [-0.4, -0.2) is 39.0 Å². The van der Waals surface area contributed by atoms with Crippen LogP contribution in [0.1, 0.15) is 38.1 Å². The molecule has 0 saturated heterocycles. The Balaban J connectivity index is 2.10. The van der Waals surface area contributed by atoms with E-state index in [0.717, 1.165) is 0 Å². The smallest absolute Gasteiger partial charge is 0.338 e. The lowest BCUT2D eigenvalue weighted by Crippen LogP contribution is -2.42. The van der Waals surface area contributed by atoms with E-state index < -0.39 is 34.0 Å². The van der Waals surface area contributed by atoms with Crippen molar-refractivity contribution in [3.8, 4) is 0 Å². The van der Waals surface area contributed by atoms with Gasteiger partial charge in [-0.2, -0.15) is 0 Å². The molecule has 2 aromatic rings. The lowest BCUT2D eigenvalue weighted by molar-refractivity contribution is -0.125. The molecule has 0 aromatic heterocycles. The Morgan fingerprint density at radius 2 is 1.59 bits per heavy atom. The van der Waals surface area contributed by atoms with Gasteiger partial charge in [0.05, 0.1) is 16.1 Å². The summed E-state index contributed by atoms with van der Waals surface area (Å²) in [4.78, 5) is 23.9. The maximum atomic E-state index is 12.9. The van der Waals surface area contributed by atoms with E-state index in [4.69, 9.17) is 4.74 Å². The summed E-state index contributed by atoms with van der Waals surface area (Å²) in [6.07, 6.45) is 0. The number of benzene rings is 2. The van der Waals surface area contributed by atoms with Gasteiger partial charge in [-0.05, 0) is 64.1 Å². The third-order valence-electron chi connectivity index (χ3n) is 3.86. The van der Waals surface area contributed by atoms with Crippen LogP contribution in [0, 0.1) is 0 Å². The first-order valence-electron chi connectivity index (χ1n) is 9.20. The summed E-state index contributed by atoms with van der Waals surface area (Å²) < 4.78 is 32.2. The number of para-hydroxylation sites is 1. The minimum Gasteiger partial charge on any atom is -0.452 e. The zero-order valence-corrected chi connectivity index (χ0v) is 17.8. The van der Waals surface area contributed by atoms with E-state index in [9.17, 15) is 18.0 Å². The van der Waals surface area contributed by atoms with E-state index in [0.29, 0.717) is 5.69 Å². The Bertz CT molecular complexity index is 949. The monoisotopic (exact) mass is 418 g/mol. The van der Waals surface area contributed by atoms with Gasteiger partial charge in [0.2, 0.25) is 0 Å². The zero-order chi connectivity index (χ0) is 21.7. The molecule has 7 nitrogen and oxygen atoms in total. The number of anilines is 1. The Morgan fingerprint density at radius 3 is 2.10 bits per heavy atom. The third-order valence-corrected chi connectivity index (χ3v) is 5.78. The molecule has 2 aromatic carbocycles. The Morgan fingerprint density at radius 1 is 1.00 bits per heavy atom. The van der Waals surface area contributed by atoms with Crippen LogP contribution < -0.4 is 9.62 Å². The van der Waals surface area contributed by atoms with Gasteiger partial charge in [-0.1, -0.05) is 18.2 Å². The van der Waals surface area contributed by atoms with Gasteiger partial charge in [-0.25, -0.2) is 13.2 Å². The molecule has 8 heteroatoms. The summed E-state index contributed by atoms with van der Waals surface area (Å²) in [5, 5.41) is 2.69. The topological polar surface area (TPSA) is 92.8 Å². The summed E-state index contributed by atoms with van der Waals surface area (Å²) in [5.74, 6) is -1.11. The van der Waals surface area contributed by atoms with Gasteiger partial charge in [0, 0.05) is 12.1 Å². The second-order valence-corrected chi connectivity index (χ2v) is 9.27. The number of hydrogen-bond acceptors (Lipinski definition) is 5. The molecular weight excluding hydrogens is 392 g/mol. The summed E-state index contributed by atoms with van der Waals surface area (Å²) in [6, 6.07) is 14.2. The minimum atomic E-state index is -3.78. The molecule has 29 heavy (non-hydrogen) atoms. The molecule has 0 radical (unpaired) electrons. The Labute approximate surface area is 171 Å². The molecule has 0 atom stereocenters. The maximum Gasteiger partial charge on any atom is 0.338 e. The van der Waals surface area contributed by atoms with Crippen molar-refractivity contribution in [2.45, 2.75) is 38.1 Å². The predicted octanol–water partition coefficient (Wildman–Crippen LogP) is 2.97. The molecule has 0 unspecified atom stereocenters. The number of esters is 1. The number of nitrogens with zero attached hydrogens (tertiary/aromatic N) is 1. The van der Waals surface area contributed by atoms with Crippen molar-refractivity contribution in [2.24, 2.45) is 0 Å². The number of amides is 1. The molecule has 0 spiro atoms. The maximum absolute atomic E-state index is 12.9. The van der Waals surface area contributed by atoms with Crippen LogP contribution in [0.2, 0.25) is 0 Å². The van der Waals surface area contributed by atoms with E-state index in [1.54, 1.807) is 31.2 Å². The van der Waals surface area contributed by atoms with E-state index in [1.807, 2.05) is 26.8 Å². The number of sulfonamides is 1. The van der Waals surface area contributed by atoms with Crippen LogP contribution in [0.4, 0.5) is 5.69 Å². The van der Waals surface area contributed by atoms with Crippen molar-refractivity contribution in [3.05, 3.63) is 60.2 Å². The minimum absolute atomic E-state index is 0.0604. The highest BCUT2D eigenvalue weighted by Crippen LogP contribution is 2.23. The van der Waals surface area contributed by atoms with Crippen molar-refractivity contribution in [3.63, 3.8) is 0 Å². The quantitative estimate of drug-likeness (QED) is 0.698. The van der Waals surface area contributed by atoms with Gasteiger partial charge >= 0.3 is 5.97 Å². The van der Waals surface area contributed by atoms with Gasteiger partial charge in [0.1, 0.15) is 0 Å². The van der Waals surface area contributed by atoms with Crippen molar-refractivity contribution in [1.82, 2.24) is 5.32 Å². The molecule has 0 aliphatic rings. The average molecular weight is 419 g/mol. The first-order valence-corrected chi connectivity index (χ1v) is 10.6. The fraction of sp³-hybridized carbons (Fsp3) is 0.333.